The van der Waals surface area contributed by atoms with Crippen LogP contribution < -0.4 is 0 Å². The van der Waals surface area contributed by atoms with Crippen LogP contribution in [0.3, 0.4) is 0 Å². The highest BCUT2D eigenvalue weighted by Gasteiger charge is 2.19. The number of hydrogen-bond acceptors (Lipinski definition) is 3. The van der Waals surface area contributed by atoms with Gasteiger partial charge in [0.05, 0.1) is 0 Å². The lowest BCUT2D eigenvalue weighted by atomic mass is 10.1. The van der Waals surface area contributed by atoms with Gasteiger partial charge in [-0.3, -0.25) is 0 Å². The second kappa shape index (κ2) is 4.35. The number of furan rings is 1. The first-order chi connectivity index (χ1) is 7.49. The van der Waals surface area contributed by atoms with Crippen molar-refractivity contribution in [1.29, 1.82) is 0 Å². The molecule has 1 atom stereocenters. The van der Waals surface area contributed by atoms with E-state index in [9.17, 15) is 5.11 Å². The standard InChI is InChI=1S/C12H13BrO2S/c1-6-4-9(7(2)15-6)12(14)11-5-10(13)8(3)16-11/h4-5,12,14H,1-3H3. The smallest absolute Gasteiger partial charge is 0.117 e. The minimum atomic E-state index is -0.590. The van der Waals surface area contributed by atoms with Crippen LogP contribution in [0.5, 0.6) is 0 Å². The first-order valence-electron chi connectivity index (χ1n) is 5.00. The van der Waals surface area contributed by atoms with Crippen LogP contribution in [0, 0.1) is 20.8 Å². The van der Waals surface area contributed by atoms with E-state index in [0.717, 1.165) is 26.4 Å². The van der Waals surface area contributed by atoms with Crippen LogP contribution in [-0.4, -0.2) is 5.11 Å². The highest BCUT2D eigenvalue weighted by Crippen LogP contribution is 2.35. The van der Waals surface area contributed by atoms with E-state index in [2.05, 4.69) is 15.9 Å². The van der Waals surface area contributed by atoms with Gasteiger partial charge in [0, 0.05) is 19.8 Å². The molecule has 0 saturated heterocycles. The zero-order valence-corrected chi connectivity index (χ0v) is 11.8. The normalized spacial score (nSPS) is 13.1. The first-order valence-corrected chi connectivity index (χ1v) is 6.61. The van der Waals surface area contributed by atoms with Gasteiger partial charge in [0.2, 0.25) is 0 Å². The van der Waals surface area contributed by atoms with E-state index in [-0.39, 0.29) is 0 Å². The average Bonchev–Trinajstić information content (AvgIpc) is 2.70. The summed E-state index contributed by atoms with van der Waals surface area (Å²) in [6.07, 6.45) is -0.590. The van der Waals surface area contributed by atoms with Crippen LogP contribution >= 0.6 is 27.3 Å². The molecule has 1 unspecified atom stereocenters. The monoisotopic (exact) mass is 300 g/mol. The van der Waals surface area contributed by atoms with Gasteiger partial charge in [-0.05, 0) is 48.8 Å². The van der Waals surface area contributed by atoms with Crippen molar-refractivity contribution < 1.29 is 9.52 Å². The van der Waals surface area contributed by atoms with Gasteiger partial charge >= 0.3 is 0 Å². The molecule has 0 radical (unpaired) electrons. The average molecular weight is 301 g/mol. The summed E-state index contributed by atoms with van der Waals surface area (Å²) >= 11 is 5.05. The van der Waals surface area contributed by atoms with Crippen LogP contribution in [0.2, 0.25) is 0 Å². The Morgan fingerprint density at radius 1 is 1.31 bits per heavy atom. The molecule has 86 valence electrons. The molecule has 0 saturated carbocycles. The topological polar surface area (TPSA) is 33.4 Å². The maximum atomic E-state index is 10.3. The predicted molar refractivity (Wildman–Crippen MR) is 69.0 cm³/mol. The van der Waals surface area contributed by atoms with Gasteiger partial charge in [-0.1, -0.05) is 0 Å². The molecule has 2 nitrogen and oxygen atoms in total. The summed E-state index contributed by atoms with van der Waals surface area (Å²) in [6.45, 7) is 5.79. The molecule has 2 aromatic heterocycles. The van der Waals surface area contributed by atoms with Gasteiger partial charge < -0.3 is 9.52 Å². The fourth-order valence-corrected chi connectivity index (χ4v) is 3.26. The van der Waals surface area contributed by atoms with Crippen LogP contribution in [0.25, 0.3) is 0 Å². The largest absolute Gasteiger partial charge is 0.466 e. The summed E-state index contributed by atoms with van der Waals surface area (Å²) in [7, 11) is 0. The van der Waals surface area contributed by atoms with Gasteiger partial charge in [-0.15, -0.1) is 11.3 Å². The Morgan fingerprint density at radius 2 is 2.00 bits per heavy atom. The summed E-state index contributed by atoms with van der Waals surface area (Å²) in [5.74, 6) is 1.62. The van der Waals surface area contributed by atoms with E-state index in [4.69, 9.17) is 4.42 Å². The number of aryl methyl sites for hydroxylation is 3. The molecule has 0 aliphatic heterocycles. The summed E-state index contributed by atoms with van der Waals surface area (Å²) in [4.78, 5) is 2.11. The maximum Gasteiger partial charge on any atom is 0.117 e. The van der Waals surface area contributed by atoms with Crippen molar-refractivity contribution in [2.24, 2.45) is 0 Å². The molecular weight excluding hydrogens is 288 g/mol. The zero-order chi connectivity index (χ0) is 11.9. The molecule has 2 heterocycles. The lowest BCUT2D eigenvalue weighted by Crippen LogP contribution is -1.96. The summed E-state index contributed by atoms with van der Waals surface area (Å²) < 4.78 is 6.47. The summed E-state index contributed by atoms with van der Waals surface area (Å²) in [5.41, 5.74) is 0.853. The van der Waals surface area contributed by atoms with Gasteiger partial charge in [0.15, 0.2) is 0 Å². The third-order valence-electron chi connectivity index (χ3n) is 2.52. The number of rotatable bonds is 2. The van der Waals surface area contributed by atoms with Crippen molar-refractivity contribution >= 4 is 27.3 Å². The molecule has 0 fully saturated rings. The quantitative estimate of drug-likeness (QED) is 0.905. The SMILES string of the molecule is Cc1cc(C(O)c2cc(Br)c(C)s2)c(C)o1. The molecular formula is C12H13BrO2S. The Morgan fingerprint density at radius 3 is 2.44 bits per heavy atom. The van der Waals surface area contributed by atoms with E-state index in [1.807, 2.05) is 32.9 Å². The zero-order valence-electron chi connectivity index (χ0n) is 9.37. The maximum absolute atomic E-state index is 10.3. The van der Waals surface area contributed by atoms with Crippen LogP contribution in [0.4, 0.5) is 0 Å². The summed E-state index contributed by atoms with van der Waals surface area (Å²) in [6, 6.07) is 3.86. The first kappa shape index (κ1) is 11.9. The van der Waals surface area contributed by atoms with E-state index >= 15 is 0 Å². The van der Waals surface area contributed by atoms with Crippen molar-refractivity contribution in [2.45, 2.75) is 26.9 Å². The second-order valence-electron chi connectivity index (χ2n) is 3.82. The van der Waals surface area contributed by atoms with Crippen molar-refractivity contribution in [3.05, 3.63) is 43.4 Å². The Bertz CT molecular complexity index is 494. The molecule has 2 aromatic rings. The fourth-order valence-electron chi connectivity index (χ4n) is 1.69. The van der Waals surface area contributed by atoms with Gasteiger partial charge in [-0.25, -0.2) is 0 Å². The van der Waals surface area contributed by atoms with Crippen molar-refractivity contribution in [2.75, 3.05) is 0 Å². The van der Waals surface area contributed by atoms with E-state index in [0.29, 0.717) is 0 Å². The van der Waals surface area contributed by atoms with Gasteiger partial charge in [0.25, 0.3) is 0 Å². The summed E-state index contributed by atoms with van der Waals surface area (Å²) in [5, 5.41) is 10.3. The van der Waals surface area contributed by atoms with Crippen molar-refractivity contribution in [3.8, 4) is 0 Å². The Labute approximate surface area is 107 Å². The number of halogens is 1. The highest BCUT2D eigenvalue weighted by atomic mass is 79.9. The lowest BCUT2D eigenvalue weighted by molar-refractivity contribution is 0.221. The highest BCUT2D eigenvalue weighted by molar-refractivity contribution is 9.10. The number of aliphatic hydroxyl groups excluding tert-OH is 1. The molecule has 0 amide bonds. The third-order valence-corrected chi connectivity index (χ3v) is 4.71. The molecule has 0 aliphatic carbocycles. The Kier molecular flexibility index (Phi) is 3.24. The number of hydrogen-bond donors (Lipinski definition) is 1. The van der Waals surface area contributed by atoms with Crippen LogP contribution in [0.1, 0.15) is 32.9 Å². The Hall–Kier alpha value is -0.580. The van der Waals surface area contributed by atoms with Gasteiger partial charge in [-0.2, -0.15) is 0 Å². The molecule has 2 rings (SSSR count). The molecule has 0 bridgehead atoms. The molecule has 0 aromatic carbocycles. The van der Waals surface area contributed by atoms with Crippen LogP contribution in [-0.2, 0) is 0 Å². The van der Waals surface area contributed by atoms with E-state index in [1.165, 1.54) is 4.88 Å². The third kappa shape index (κ3) is 2.10. The molecule has 16 heavy (non-hydrogen) atoms. The fraction of sp³-hybridized carbons (Fsp3) is 0.333. The Balaban J connectivity index is 2.38. The lowest BCUT2D eigenvalue weighted by Gasteiger charge is -2.06. The van der Waals surface area contributed by atoms with Crippen molar-refractivity contribution in [3.63, 3.8) is 0 Å². The second-order valence-corrected chi connectivity index (χ2v) is 5.97. The molecule has 1 N–H and O–H groups in total. The molecule has 0 aliphatic rings. The van der Waals surface area contributed by atoms with E-state index < -0.39 is 6.10 Å². The molecule has 4 heteroatoms. The number of thiophene rings is 1. The predicted octanol–water partition coefficient (Wildman–Crippen LogP) is 4.11. The molecule has 0 spiro atoms. The van der Waals surface area contributed by atoms with Crippen LogP contribution in [0.15, 0.2) is 21.0 Å². The minimum Gasteiger partial charge on any atom is -0.466 e. The van der Waals surface area contributed by atoms with Gasteiger partial charge in [0.1, 0.15) is 17.6 Å². The minimum absolute atomic E-state index is 0.590. The van der Waals surface area contributed by atoms with Crippen molar-refractivity contribution in [1.82, 2.24) is 0 Å². The number of aliphatic hydroxyl groups is 1. The van der Waals surface area contributed by atoms with E-state index in [1.54, 1.807) is 11.3 Å².